The van der Waals surface area contributed by atoms with E-state index in [0.717, 1.165) is 46.6 Å². The van der Waals surface area contributed by atoms with Crippen molar-refractivity contribution < 1.29 is 19.1 Å². The zero-order valence-corrected chi connectivity index (χ0v) is 23.8. The molecule has 0 spiro atoms. The summed E-state index contributed by atoms with van der Waals surface area (Å²) < 4.78 is 13.8. The number of hydrogen-bond donors (Lipinski definition) is 1. The van der Waals surface area contributed by atoms with Crippen LogP contribution < -0.4 is 19.6 Å². The summed E-state index contributed by atoms with van der Waals surface area (Å²) in [6.45, 7) is 1.90. The molecule has 2 aliphatic rings. The number of aromatic carboxylic acids is 1. The van der Waals surface area contributed by atoms with Gasteiger partial charge in [-0.1, -0.05) is 53.8 Å². The highest BCUT2D eigenvalue weighted by molar-refractivity contribution is 7.07. The number of methoxy groups -OCH3 is 1. The van der Waals surface area contributed by atoms with E-state index in [4.69, 9.17) is 14.1 Å². The van der Waals surface area contributed by atoms with Gasteiger partial charge in [-0.2, -0.15) is 0 Å². The van der Waals surface area contributed by atoms with Crippen LogP contribution in [0.25, 0.3) is 23.1 Å². The van der Waals surface area contributed by atoms with Gasteiger partial charge in [0.1, 0.15) is 17.3 Å². The van der Waals surface area contributed by atoms with Gasteiger partial charge in [0.05, 0.1) is 28.9 Å². The van der Waals surface area contributed by atoms with Crippen molar-refractivity contribution in [3.63, 3.8) is 0 Å². The molecule has 0 saturated carbocycles. The number of carboxylic acids is 1. The molecule has 8 heteroatoms. The van der Waals surface area contributed by atoms with Gasteiger partial charge in [0, 0.05) is 17.2 Å². The van der Waals surface area contributed by atoms with Crippen LogP contribution in [0.15, 0.2) is 98.6 Å². The lowest BCUT2D eigenvalue weighted by atomic mass is 9.83. The van der Waals surface area contributed by atoms with Crippen LogP contribution in [0.4, 0.5) is 0 Å². The van der Waals surface area contributed by atoms with Gasteiger partial charge in [0.15, 0.2) is 4.80 Å². The molecule has 1 aliphatic heterocycles. The minimum absolute atomic E-state index is 0.132. The fraction of sp³-hybridized carbons (Fsp3) is 0.147. The third-order valence-electron chi connectivity index (χ3n) is 7.95. The molecule has 1 aliphatic carbocycles. The van der Waals surface area contributed by atoms with Crippen LogP contribution in [0.1, 0.15) is 50.8 Å². The topological polar surface area (TPSA) is 94.0 Å². The quantitative estimate of drug-likeness (QED) is 0.295. The predicted octanol–water partition coefficient (Wildman–Crippen LogP) is 5.59. The highest BCUT2D eigenvalue weighted by Crippen LogP contribution is 2.41. The number of allylic oxidation sites excluding steroid dienone is 1. The van der Waals surface area contributed by atoms with Crippen molar-refractivity contribution in [3.05, 3.63) is 138 Å². The molecule has 42 heavy (non-hydrogen) atoms. The smallest absolute Gasteiger partial charge is 0.335 e. The van der Waals surface area contributed by atoms with Crippen LogP contribution in [0.2, 0.25) is 0 Å². The van der Waals surface area contributed by atoms with Crippen LogP contribution >= 0.6 is 11.3 Å². The molecular formula is C34H26N2O5S. The molecule has 0 amide bonds. The van der Waals surface area contributed by atoms with Crippen molar-refractivity contribution in [2.24, 2.45) is 4.99 Å². The summed E-state index contributed by atoms with van der Waals surface area (Å²) in [6.07, 6.45) is 3.44. The van der Waals surface area contributed by atoms with Gasteiger partial charge in [0.25, 0.3) is 5.56 Å². The second-order valence-electron chi connectivity index (χ2n) is 10.4. The Bertz CT molecular complexity index is 2100. The van der Waals surface area contributed by atoms with Crippen LogP contribution in [-0.2, 0) is 6.42 Å². The third kappa shape index (κ3) is 4.31. The molecule has 2 aromatic heterocycles. The largest absolute Gasteiger partial charge is 0.497 e. The van der Waals surface area contributed by atoms with E-state index in [-0.39, 0.29) is 17.2 Å². The Labute approximate surface area is 245 Å². The first-order chi connectivity index (χ1) is 20.4. The lowest BCUT2D eigenvalue weighted by molar-refractivity contribution is 0.0697. The molecule has 7 rings (SSSR count). The van der Waals surface area contributed by atoms with Crippen molar-refractivity contribution in [3.8, 4) is 17.1 Å². The molecule has 5 aromatic rings. The van der Waals surface area contributed by atoms with Gasteiger partial charge in [-0.3, -0.25) is 9.36 Å². The van der Waals surface area contributed by atoms with E-state index >= 15 is 0 Å². The van der Waals surface area contributed by atoms with E-state index in [0.29, 0.717) is 26.4 Å². The first-order valence-electron chi connectivity index (χ1n) is 13.6. The maximum absolute atomic E-state index is 14.0. The van der Waals surface area contributed by atoms with Crippen molar-refractivity contribution in [2.75, 3.05) is 7.11 Å². The first-order valence-corrected chi connectivity index (χ1v) is 14.4. The maximum atomic E-state index is 14.0. The highest BCUT2D eigenvalue weighted by atomic mass is 32.1. The van der Waals surface area contributed by atoms with Crippen molar-refractivity contribution in [1.82, 2.24) is 4.57 Å². The summed E-state index contributed by atoms with van der Waals surface area (Å²) in [7, 11) is 1.64. The van der Waals surface area contributed by atoms with Gasteiger partial charge in [0.2, 0.25) is 0 Å². The van der Waals surface area contributed by atoms with Crippen LogP contribution in [0, 0.1) is 6.92 Å². The van der Waals surface area contributed by atoms with Gasteiger partial charge in [-0.05, 0) is 78.4 Å². The maximum Gasteiger partial charge on any atom is 0.335 e. The molecular weight excluding hydrogens is 548 g/mol. The van der Waals surface area contributed by atoms with E-state index in [9.17, 15) is 14.7 Å². The Hall–Kier alpha value is -4.95. The number of carbonyl (C=O) groups is 1. The van der Waals surface area contributed by atoms with E-state index < -0.39 is 5.97 Å². The fourth-order valence-electron chi connectivity index (χ4n) is 5.83. The molecule has 1 atom stereocenters. The molecule has 1 N–H and O–H groups in total. The minimum Gasteiger partial charge on any atom is -0.497 e. The molecule has 0 bridgehead atoms. The molecule has 0 fully saturated rings. The van der Waals surface area contributed by atoms with Gasteiger partial charge >= 0.3 is 5.97 Å². The number of aryl methyl sites for hydroxylation is 2. The van der Waals surface area contributed by atoms with Gasteiger partial charge in [-0.15, -0.1) is 0 Å². The average Bonchev–Trinajstić information content (AvgIpc) is 3.60. The highest BCUT2D eigenvalue weighted by Gasteiger charge is 2.32. The number of rotatable bonds is 5. The second kappa shape index (κ2) is 10.2. The van der Waals surface area contributed by atoms with E-state index in [1.54, 1.807) is 48.1 Å². The Morgan fingerprint density at radius 3 is 2.64 bits per heavy atom. The fourth-order valence-corrected chi connectivity index (χ4v) is 6.81. The molecule has 0 radical (unpaired) electrons. The number of ether oxygens (including phenoxy) is 1. The zero-order chi connectivity index (χ0) is 29.0. The number of nitrogens with zero attached hydrogens (tertiary/aromatic N) is 2. The molecule has 7 nitrogen and oxygen atoms in total. The van der Waals surface area contributed by atoms with Crippen LogP contribution in [0.3, 0.4) is 0 Å². The number of fused-ring (bicyclic) bond motifs is 3. The lowest BCUT2D eigenvalue weighted by Gasteiger charge is -2.30. The number of furan rings is 1. The molecule has 3 aromatic carbocycles. The summed E-state index contributed by atoms with van der Waals surface area (Å²) in [5.74, 6) is 0.802. The number of thiazole rings is 1. The molecule has 3 heterocycles. The molecule has 0 saturated heterocycles. The summed E-state index contributed by atoms with van der Waals surface area (Å²) in [5.41, 5.74) is 7.10. The SMILES string of the molecule is COc1ccc(C2C3=C(N=c4s/c(=C\c5ccc(-c6cc(C(=O)O)ccc6C)o5)c(=O)n42)c2ccccc2CC3)cc1. The summed E-state index contributed by atoms with van der Waals surface area (Å²) in [4.78, 5) is 31.2. The first kappa shape index (κ1) is 26.0. The van der Waals surface area contributed by atoms with Crippen LogP contribution in [-0.4, -0.2) is 22.8 Å². The third-order valence-corrected chi connectivity index (χ3v) is 8.94. The molecule has 208 valence electrons. The number of carboxylic acid groups (broad SMARTS) is 1. The minimum atomic E-state index is -0.999. The van der Waals surface area contributed by atoms with Crippen molar-refractivity contribution in [2.45, 2.75) is 25.8 Å². The Morgan fingerprint density at radius 2 is 1.86 bits per heavy atom. The standard InChI is InChI=1S/C34H26N2O5S/c1-19-7-8-22(33(38)39)17-27(19)28-16-14-24(41-28)18-29-32(37)36-31(21-9-12-23(40-2)13-10-21)26-15-11-20-5-3-4-6-25(20)30(26)35-34(36)42-29/h3-10,12-14,16-18,31H,11,15H2,1-2H3,(H,38,39)/b29-18-. The Morgan fingerprint density at radius 1 is 1.05 bits per heavy atom. The number of benzene rings is 3. The second-order valence-corrected chi connectivity index (χ2v) is 11.4. The average molecular weight is 575 g/mol. The Kier molecular flexibility index (Phi) is 6.28. The summed E-state index contributed by atoms with van der Waals surface area (Å²) in [5, 5.41) is 9.43. The zero-order valence-electron chi connectivity index (χ0n) is 23.0. The number of aromatic nitrogens is 1. The van der Waals surface area contributed by atoms with E-state index in [2.05, 4.69) is 18.2 Å². The summed E-state index contributed by atoms with van der Waals surface area (Å²) >= 11 is 1.34. The van der Waals surface area contributed by atoms with E-state index in [1.807, 2.05) is 37.3 Å². The normalized spacial score (nSPS) is 16.0. The van der Waals surface area contributed by atoms with E-state index in [1.165, 1.54) is 16.9 Å². The van der Waals surface area contributed by atoms with Gasteiger partial charge in [-0.25, -0.2) is 9.79 Å². The van der Waals surface area contributed by atoms with Crippen molar-refractivity contribution in [1.29, 1.82) is 0 Å². The van der Waals surface area contributed by atoms with Gasteiger partial charge < -0.3 is 14.3 Å². The summed E-state index contributed by atoms with van der Waals surface area (Å²) in [6, 6.07) is 24.5. The van der Waals surface area contributed by atoms with Crippen molar-refractivity contribution >= 4 is 29.1 Å². The Balaban J connectivity index is 1.37. The monoisotopic (exact) mass is 574 g/mol. The predicted molar refractivity (Wildman–Crippen MR) is 162 cm³/mol. The lowest BCUT2D eigenvalue weighted by Crippen LogP contribution is -2.38. The van der Waals surface area contributed by atoms with Crippen LogP contribution in [0.5, 0.6) is 5.75 Å². The number of hydrogen-bond acceptors (Lipinski definition) is 6. The molecule has 1 unspecified atom stereocenters.